The summed E-state index contributed by atoms with van der Waals surface area (Å²) in [7, 11) is 2.12. The summed E-state index contributed by atoms with van der Waals surface area (Å²) < 4.78 is 0. The van der Waals surface area contributed by atoms with Gasteiger partial charge in [0.05, 0.1) is 11.8 Å². The lowest BCUT2D eigenvalue weighted by Crippen LogP contribution is -2.47. The lowest BCUT2D eigenvalue weighted by Gasteiger charge is -2.32. The smallest absolute Gasteiger partial charge is 0.307 e. The number of carbonyl (C=O) groups excluding carboxylic acids is 1. The molecule has 2 aliphatic rings. The number of nitrogens with zero attached hydrogens (tertiary/aromatic N) is 2. The molecule has 6 heteroatoms. The van der Waals surface area contributed by atoms with Gasteiger partial charge in [-0.05, 0) is 25.8 Å². The Morgan fingerprint density at radius 2 is 1.76 bits per heavy atom. The number of piperazine rings is 1. The highest BCUT2D eigenvalue weighted by atomic mass is 16.4. The first-order valence-electron chi connectivity index (χ1n) is 7.88. The van der Waals surface area contributed by atoms with E-state index in [1.54, 1.807) is 0 Å². The summed E-state index contributed by atoms with van der Waals surface area (Å²) in [6.07, 6.45) is 1.31. The van der Waals surface area contributed by atoms with E-state index in [0.717, 1.165) is 32.7 Å². The van der Waals surface area contributed by atoms with Crippen LogP contribution in [0.4, 0.5) is 0 Å². The number of carboxylic acids is 1. The van der Waals surface area contributed by atoms with Gasteiger partial charge in [0.2, 0.25) is 5.91 Å². The highest BCUT2D eigenvalue weighted by Gasteiger charge is 2.40. The zero-order chi connectivity index (χ0) is 15.4. The lowest BCUT2D eigenvalue weighted by molar-refractivity contribution is -0.146. The second-order valence-electron chi connectivity index (χ2n) is 6.56. The Hall–Kier alpha value is -1.14. The summed E-state index contributed by atoms with van der Waals surface area (Å²) in [5, 5.41) is 12.1. The van der Waals surface area contributed by atoms with E-state index in [4.69, 9.17) is 0 Å². The molecule has 2 fully saturated rings. The van der Waals surface area contributed by atoms with Crippen molar-refractivity contribution in [2.24, 2.45) is 17.8 Å². The number of aliphatic carboxylic acids is 1. The van der Waals surface area contributed by atoms with Gasteiger partial charge in [-0.1, -0.05) is 6.92 Å². The van der Waals surface area contributed by atoms with Crippen molar-refractivity contribution in [1.29, 1.82) is 0 Å². The Morgan fingerprint density at radius 3 is 2.38 bits per heavy atom. The molecule has 2 N–H and O–H groups in total. The van der Waals surface area contributed by atoms with E-state index in [2.05, 4.69) is 22.2 Å². The van der Waals surface area contributed by atoms with Crippen molar-refractivity contribution < 1.29 is 14.7 Å². The van der Waals surface area contributed by atoms with Crippen molar-refractivity contribution in [3.8, 4) is 0 Å². The Balaban J connectivity index is 1.73. The van der Waals surface area contributed by atoms with Gasteiger partial charge in [-0.3, -0.25) is 14.5 Å². The number of likely N-dealkylation sites (N-methyl/N-ethyl adjacent to an activating group) is 1. The van der Waals surface area contributed by atoms with Crippen molar-refractivity contribution in [2.75, 3.05) is 46.3 Å². The summed E-state index contributed by atoms with van der Waals surface area (Å²) in [5.41, 5.74) is 0. The van der Waals surface area contributed by atoms with Gasteiger partial charge in [-0.25, -0.2) is 0 Å². The summed E-state index contributed by atoms with van der Waals surface area (Å²) >= 11 is 0. The summed E-state index contributed by atoms with van der Waals surface area (Å²) in [5.74, 6) is -1.47. The summed E-state index contributed by atoms with van der Waals surface area (Å²) in [6.45, 7) is 7.67. The molecular weight excluding hydrogens is 270 g/mol. The van der Waals surface area contributed by atoms with Gasteiger partial charge >= 0.3 is 5.97 Å². The first kappa shape index (κ1) is 16.2. The minimum Gasteiger partial charge on any atom is -0.481 e. The molecule has 1 amide bonds. The number of amides is 1. The molecule has 1 heterocycles. The third-order valence-corrected chi connectivity index (χ3v) is 4.78. The molecule has 2 rings (SSSR count). The predicted octanol–water partition coefficient (Wildman–Crippen LogP) is 0.0969. The molecule has 1 aliphatic heterocycles. The van der Waals surface area contributed by atoms with Gasteiger partial charge < -0.3 is 15.3 Å². The fraction of sp³-hybridized carbons (Fsp3) is 0.867. The third-order valence-electron chi connectivity index (χ3n) is 4.78. The highest BCUT2D eigenvalue weighted by Crippen LogP contribution is 2.36. The molecule has 0 aromatic carbocycles. The van der Waals surface area contributed by atoms with Gasteiger partial charge in [0, 0.05) is 39.3 Å². The van der Waals surface area contributed by atoms with E-state index < -0.39 is 11.9 Å². The van der Waals surface area contributed by atoms with E-state index in [-0.39, 0.29) is 11.8 Å². The molecule has 6 nitrogen and oxygen atoms in total. The van der Waals surface area contributed by atoms with E-state index in [1.165, 1.54) is 0 Å². The monoisotopic (exact) mass is 297 g/mol. The highest BCUT2D eigenvalue weighted by molar-refractivity contribution is 5.85. The van der Waals surface area contributed by atoms with Gasteiger partial charge in [0.15, 0.2) is 0 Å². The minimum absolute atomic E-state index is 0.0825. The number of carbonyl (C=O) groups is 2. The Morgan fingerprint density at radius 1 is 1.14 bits per heavy atom. The van der Waals surface area contributed by atoms with Gasteiger partial charge in [0.25, 0.3) is 0 Å². The normalized spacial score (nSPS) is 31.2. The topological polar surface area (TPSA) is 72.9 Å². The van der Waals surface area contributed by atoms with Crippen LogP contribution in [0.15, 0.2) is 0 Å². The SMILES string of the molecule is CC1CC(C(=O)O)C(C(=O)NCCN2CCN(C)CC2)C1. The van der Waals surface area contributed by atoms with Crippen molar-refractivity contribution in [1.82, 2.24) is 15.1 Å². The number of hydrogen-bond donors (Lipinski definition) is 2. The first-order valence-corrected chi connectivity index (χ1v) is 7.88. The molecule has 0 spiro atoms. The van der Waals surface area contributed by atoms with Gasteiger partial charge in [0.1, 0.15) is 0 Å². The Bertz CT molecular complexity index is 380. The van der Waals surface area contributed by atoms with Crippen molar-refractivity contribution in [3.05, 3.63) is 0 Å². The van der Waals surface area contributed by atoms with Crippen LogP contribution >= 0.6 is 0 Å². The molecule has 21 heavy (non-hydrogen) atoms. The number of rotatable bonds is 5. The zero-order valence-electron chi connectivity index (χ0n) is 13.0. The number of carboxylic acid groups (broad SMARTS) is 1. The number of hydrogen-bond acceptors (Lipinski definition) is 4. The quantitative estimate of drug-likeness (QED) is 0.753. The zero-order valence-corrected chi connectivity index (χ0v) is 13.0. The van der Waals surface area contributed by atoms with E-state index in [0.29, 0.717) is 25.3 Å². The number of nitrogens with one attached hydrogen (secondary N) is 1. The molecule has 1 saturated heterocycles. The molecular formula is C15H27N3O3. The Kier molecular flexibility index (Phi) is 5.58. The molecule has 0 aromatic heterocycles. The van der Waals surface area contributed by atoms with Crippen LogP contribution in [0.3, 0.4) is 0 Å². The molecule has 3 atom stereocenters. The van der Waals surface area contributed by atoms with E-state index in [1.807, 2.05) is 6.92 Å². The van der Waals surface area contributed by atoms with Crippen LogP contribution in [0.1, 0.15) is 19.8 Å². The van der Waals surface area contributed by atoms with Crippen LogP contribution in [-0.2, 0) is 9.59 Å². The van der Waals surface area contributed by atoms with Gasteiger partial charge in [-0.2, -0.15) is 0 Å². The summed E-state index contributed by atoms with van der Waals surface area (Å²) in [6, 6.07) is 0. The average molecular weight is 297 g/mol. The molecule has 0 aromatic rings. The predicted molar refractivity (Wildman–Crippen MR) is 80.0 cm³/mol. The molecule has 0 radical (unpaired) electrons. The van der Waals surface area contributed by atoms with Crippen LogP contribution in [-0.4, -0.2) is 73.1 Å². The Labute approximate surface area is 126 Å². The molecule has 1 saturated carbocycles. The van der Waals surface area contributed by atoms with Crippen LogP contribution in [0.2, 0.25) is 0 Å². The van der Waals surface area contributed by atoms with Crippen LogP contribution in [0.25, 0.3) is 0 Å². The van der Waals surface area contributed by atoms with E-state index in [9.17, 15) is 14.7 Å². The third kappa shape index (κ3) is 4.41. The summed E-state index contributed by atoms with van der Waals surface area (Å²) in [4.78, 5) is 28.1. The average Bonchev–Trinajstić information content (AvgIpc) is 2.83. The van der Waals surface area contributed by atoms with Crippen molar-refractivity contribution >= 4 is 11.9 Å². The van der Waals surface area contributed by atoms with Crippen LogP contribution < -0.4 is 5.32 Å². The molecule has 3 unspecified atom stereocenters. The lowest BCUT2D eigenvalue weighted by atomic mass is 9.95. The molecule has 1 aliphatic carbocycles. The first-order chi connectivity index (χ1) is 9.97. The van der Waals surface area contributed by atoms with Crippen molar-refractivity contribution in [2.45, 2.75) is 19.8 Å². The minimum atomic E-state index is -0.835. The van der Waals surface area contributed by atoms with Crippen molar-refractivity contribution in [3.63, 3.8) is 0 Å². The molecule has 120 valence electrons. The van der Waals surface area contributed by atoms with Gasteiger partial charge in [-0.15, -0.1) is 0 Å². The maximum Gasteiger partial charge on any atom is 0.307 e. The van der Waals surface area contributed by atoms with Crippen LogP contribution in [0, 0.1) is 17.8 Å². The second kappa shape index (κ2) is 7.22. The fourth-order valence-electron chi connectivity index (χ4n) is 3.39. The fourth-order valence-corrected chi connectivity index (χ4v) is 3.39. The maximum atomic E-state index is 12.2. The second-order valence-corrected chi connectivity index (χ2v) is 6.56. The largest absolute Gasteiger partial charge is 0.481 e. The molecule has 0 bridgehead atoms. The van der Waals surface area contributed by atoms with E-state index >= 15 is 0 Å². The maximum absolute atomic E-state index is 12.2. The standard InChI is InChI=1S/C15H27N3O3/c1-11-9-12(13(10-11)15(20)21)14(19)16-3-4-18-7-5-17(2)6-8-18/h11-13H,3-10H2,1-2H3,(H,16,19)(H,20,21). The van der Waals surface area contributed by atoms with Crippen LogP contribution in [0.5, 0.6) is 0 Å².